The maximum Gasteiger partial charge on any atom is 0.319 e. The van der Waals surface area contributed by atoms with Crippen LogP contribution in [0.3, 0.4) is 0 Å². The van der Waals surface area contributed by atoms with Gasteiger partial charge in [0.1, 0.15) is 17.8 Å². The van der Waals surface area contributed by atoms with E-state index < -0.39 is 0 Å². The molecular weight excluding hydrogens is 356 g/mol. The number of anilines is 2. The van der Waals surface area contributed by atoms with Crippen LogP contribution in [-0.4, -0.2) is 32.4 Å². The Kier molecular flexibility index (Phi) is 4.68. The summed E-state index contributed by atoms with van der Waals surface area (Å²) < 4.78 is 1.75. The predicted octanol–water partition coefficient (Wildman–Crippen LogP) is 2.85. The molecule has 0 spiro atoms. The van der Waals surface area contributed by atoms with Crippen LogP contribution in [0.25, 0.3) is 11.0 Å². The molecule has 0 bridgehead atoms. The second-order valence-electron chi connectivity index (χ2n) is 7.10. The van der Waals surface area contributed by atoms with Crippen molar-refractivity contribution in [2.45, 2.75) is 31.7 Å². The summed E-state index contributed by atoms with van der Waals surface area (Å²) in [5.41, 5.74) is 8.02. The molecule has 0 aliphatic heterocycles. The second-order valence-corrected chi connectivity index (χ2v) is 7.10. The van der Waals surface area contributed by atoms with Gasteiger partial charge in [0.05, 0.1) is 10.9 Å². The van der Waals surface area contributed by atoms with E-state index in [0.717, 1.165) is 25.7 Å². The fraction of sp³-hybridized carbons (Fsp3) is 0.300. The Morgan fingerprint density at radius 2 is 2.00 bits per heavy atom. The lowest BCUT2D eigenvalue weighted by molar-refractivity contribution is 0.104. The Labute approximate surface area is 162 Å². The van der Waals surface area contributed by atoms with Crippen LogP contribution in [-0.2, 0) is 7.05 Å². The number of fused-ring (bicyclic) bond motifs is 1. The number of nitrogens with zero attached hydrogens (tertiary/aromatic N) is 3. The number of benzene rings is 1. The molecule has 2 heterocycles. The third-order valence-corrected chi connectivity index (χ3v) is 5.10. The van der Waals surface area contributed by atoms with Crippen molar-refractivity contribution in [2.75, 3.05) is 11.1 Å². The normalized spacial score (nSPS) is 14.3. The van der Waals surface area contributed by atoms with Crippen molar-refractivity contribution < 1.29 is 9.59 Å². The smallest absolute Gasteiger partial charge is 0.319 e. The van der Waals surface area contributed by atoms with Gasteiger partial charge in [-0.1, -0.05) is 25.0 Å². The van der Waals surface area contributed by atoms with Crippen molar-refractivity contribution in [3.05, 3.63) is 47.9 Å². The highest BCUT2D eigenvalue weighted by atomic mass is 16.2. The number of nitrogens with one attached hydrogen (secondary N) is 2. The summed E-state index contributed by atoms with van der Waals surface area (Å²) in [5, 5.41) is 6.32. The van der Waals surface area contributed by atoms with E-state index >= 15 is 0 Å². The second kappa shape index (κ2) is 7.30. The van der Waals surface area contributed by atoms with Gasteiger partial charge in [0.25, 0.3) is 0 Å². The topological polar surface area (TPSA) is 115 Å². The minimum absolute atomic E-state index is 0.202. The lowest BCUT2D eigenvalue weighted by Gasteiger charge is -2.13. The summed E-state index contributed by atoms with van der Waals surface area (Å²) >= 11 is 0. The largest absolute Gasteiger partial charge is 0.383 e. The molecule has 2 aromatic heterocycles. The van der Waals surface area contributed by atoms with Crippen LogP contribution >= 0.6 is 0 Å². The van der Waals surface area contributed by atoms with E-state index in [4.69, 9.17) is 5.73 Å². The number of ketones is 1. The van der Waals surface area contributed by atoms with Gasteiger partial charge in [-0.05, 0) is 25.0 Å². The van der Waals surface area contributed by atoms with Gasteiger partial charge in [-0.3, -0.25) is 4.79 Å². The number of aryl methyl sites for hydroxylation is 1. The van der Waals surface area contributed by atoms with Gasteiger partial charge in [-0.2, -0.15) is 0 Å². The molecule has 8 nitrogen and oxygen atoms in total. The highest BCUT2D eigenvalue weighted by molar-refractivity contribution is 6.18. The molecule has 144 valence electrons. The van der Waals surface area contributed by atoms with E-state index in [1.165, 1.54) is 6.33 Å². The molecule has 1 aliphatic rings. The van der Waals surface area contributed by atoms with E-state index in [-0.39, 0.29) is 23.7 Å². The molecule has 4 rings (SSSR count). The SMILES string of the molecule is Cn1cc(C(=O)c2cccc(NC(=O)NC3CCCC3)c2)c2c(N)ncnc21. The Morgan fingerprint density at radius 1 is 1.21 bits per heavy atom. The first-order valence-electron chi connectivity index (χ1n) is 9.30. The Hall–Kier alpha value is -3.42. The van der Waals surface area contributed by atoms with Crippen LogP contribution < -0.4 is 16.4 Å². The van der Waals surface area contributed by atoms with Crippen molar-refractivity contribution in [2.24, 2.45) is 7.05 Å². The molecule has 8 heteroatoms. The molecule has 28 heavy (non-hydrogen) atoms. The molecule has 1 aromatic carbocycles. The molecule has 1 fully saturated rings. The Bertz CT molecular complexity index is 1050. The Morgan fingerprint density at radius 3 is 2.79 bits per heavy atom. The van der Waals surface area contributed by atoms with Crippen LogP contribution in [0.2, 0.25) is 0 Å². The zero-order valence-corrected chi connectivity index (χ0v) is 15.6. The first kappa shape index (κ1) is 18.0. The van der Waals surface area contributed by atoms with Gasteiger partial charge in [-0.25, -0.2) is 14.8 Å². The zero-order chi connectivity index (χ0) is 19.7. The molecule has 0 unspecified atom stereocenters. The highest BCUT2D eigenvalue weighted by Gasteiger charge is 2.20. The number of hydrogen-bond donors (Lipinski definition) is 3. The molecular formula is C20H22N6O2. The summed E-state index contributed by atoms with van der Waals surface area (Å²) in [6.45, 7) is 0. The highest BCUT2D eigenvalue weighted by Crippen LogP contribution is 2.26. The third-order valence-electron chi connectivity index (χ3n) is 5.10. The first-order valence-corrected chi connectivity index (χ1v) is 9.30. The number of amides is 2. The molecule has 2 amide bonds. The average molecular weight is 378 g/mol. The molecule has 0 radical (unpaired) electrons. The van der Waals surface area contributed by atoms with Crippen molar-refractivity contribution in [1.82, 2.24) is 19.9 Å². The number of carbonyl (C=O) groups excluding carboxylic acids is 2. The van der Waals surface area contributed by atoms with Crippen LogP contribution in [0.5, 0.6) is 0 Å². The molecule has 0 saturated heterocycles. The number of urea groups is 1. The maximum absolute atomic E-state index is 13.1. The number of nitrogen functional groups attached to an aromatic ring is 1. The van der Waals surface area contributed by atoms with Crippen LogP contribution in [0, 0.1) is 0 Å². The van der Waals surface area contributed by atoms with Crippen LogP contribution in [0.1, 0.15) is 41.6 Å². The molecule has 1 saturated carbocycles. The predicted molar refractivity (Wildman–Crippen MR) is 107 cm³/mol. The zero-order valence-electron chi connectivity index (χ0n) is 15.6. The fourth-order valence-electron chi connectivity index (χ4n) is 3.72. The number of rotatable bonds is 4. The van der Waals surface area contributed by atoms with Crippen molar-refractivity contribution in [1.29, 1.82) is 0 Å². The molecule has 3 aromatic rings. The minimum Gasteiger partial charge on any atom is -0.383 e. The van der Waals surface area contributed by atoms with E-state index in [0.29, 0.717) is 27.8 Å². The lowest BCUT2D eigenvalue weighted by atomic mass is 10.0. The third kappa shape index (κ3) is 3.40. The summed E-state index contributed by atoms with van der Waals surface area (Å²) in [6, 6.07) is 6.84. The number of nitrogens with two attached hydrogens (primary N) is 1. The minimum atomic E-state index is -0.251. The Balaban J connectivity index is 1.57. The summed E-state index contributed by atoms with van der Waals surface area (Å²) in [6.07, 6.45) is 7.39. The monoisotopic (exact) mass is 378 g/mol. The number of hydrogen-bond acceptors (Lipinski definition) is 5. The van der Waals surface area contributed by atoms with Gasteiger partial charge in [-0.15, -0.1) is 0 Å². The van der Waals surface area contributed by atoms with Crippen LogP contribution in [0.15, 0.2) is 36.8 Å². The van der Waals surface area contributed by atoms with Gasteiger partial charge in [0, 0.05) is 30.5 Å². The van der Waals surface area contributed by atoms with Gasteiger partial charge in [0.15, 0.2) is 5.78 Å². The molecule has 1 aliphatic carbocycles. The van der Waals surface area contributed by atoms with Crippen LogP contribution in [0.4, 0.5) is 16.3 Å². The van der Waals surface area contributed by atoms with Gasteiger partial charge < -0.3 is 20.9 Å². The van der Waals surface area contributed by atoms with E-state index in [2.05, 4.69) is 20.6 Å². The van der Waals surface area contributed by atoms with E-state index in [1.54, 1.807) is 42.1 Å². The van der Waals surface area contributed by atoms with Gasteiger partial charge in [0.2, 0.25) is 0 Å². The fourth-order valence-corrected chi connectivity index (χ4v) is 3.72. The van der Waals surface area contributed by atoms with E-state index in [1.807, 2.05) is 0 Å². The van der Waals surface area contributed by atoms with Crippen molar-refractivity contribution in [3.8, 4) is 0 Å². The van der Waals surface area contributed by atoms with Crippen molar-refractivity contribution in [3.63, 3.8) is 0 Å². The quantitative estimate of drug-likeness (QED) is 0.604. The maximum atomic E-state index is 13.1. The number of carbonyl (C=O) groups is 2. The molecule has 4 N–H and O–H groups in total. The molecule has 0 atom stereocenters. The van der Waals surface area contributed by atoms with E-state index in [9.17, 15) is 9.59 Å². The average Bonchev–Trinajstić information content (AvgIpc) is 3.30. The summed E-state index contributed by atoms with van der Waals surface area (Å²) in [4.78, 5) is 33.5. The number of aromatic nitrogens is 3. The van der Waals surface area contributed by atoms with Crippen molar-refractivity contribution >= 4 is 34.4 Å². The lowest BCUT2D eigenvalue weighted by Crippen LogP contribution is -2.36. The first-order chi connectivity index (χ1) is 13.5. The van der Waals surface area contributed by atoms with Gasteiger partial charge >= 0.3 is 6.03 Å². The summed E-state index contributed by atoms with van der Waals surface area (Å²) in [5.74, 6) is 0.0612. The summed E-state index contributed by atoms with van der Waals surface area (Å²) in [7, 11) is 1.80. The standard InChI is InChI=1S/C20H22N6O2/c1-26-10-15(16-18(21)22-11-23-19(16)26)17(27)12-5-4-8-14(9-12)25-20(28)24-13-6-2-3-7-13/h4-5,8-11,13H,2-3,6-7H2,1H3,(H2,21,22,23)(H2,24,25,28).